The van der Waals surface area contributed by atoms with E-state index >= 15 is 0 Å². The van der Waals surface area contributed by atoms with Crippen LogP contribution >= 0.6 is 27.7 Å². The van der Waals surface area contributed by atoms with Crippen molar-refractivity contribution in [2.45, 2.75) is 37.6 Å². The van der Waals surface area contributed by atoms with E-state index in [9.17, 15) is 0 Å². The van der Waals surface area contributed by atoms with Crippen LogP contribution in [0.2, 0.25) is 0 Å². The Balaban J connectivity index is 2.49. The lowest BCUT2D eigenvalue weighted by Gasteiger charge is -2.24. The van der Waals surface area contributed by atoms with E-state index in [1.54, 1.807) is 0 Å². The van der Waals surface area contributed by atoms with Gasteiger partial charge in [-0.2, -0.15) is 0 Å². The van der Waals surface area contributed by atoms with Gasteiger partial charge in [-0.1, -0.05) is 42.6 Å². The Morgan fingerprint density at radius 3 is 2.24 bits per heavy atom. The average Bonchev–Trinajstić information content (AvgIpc) is 2.36. The fourth-order valence-corrected chi connectivity index (χ4v) is 3.43. The molecule has 0 saturated carbocycles. The van der Waals surface area contributed by atoms with E-state index in [-0.39, 0.29) is 0 Å². The molecular formula is C14H22BrNS. The molecule has 0 heterocycles. The highest BCUT2D eigenvalue weighted by atomic mass is 79.9. The standard InChI is InChI=1S/C14H22BrNS/c1-4-11(5-2)14(16-3)10-17-13-8-6-12(15)7-9-13/h6-9,11,14,16H,4-5,10H2,1-3H3. The molecule has 0 aliphatic carbocycles. The van der Waals surface area contributed by atoms with Gasteiger partial charge in [0.15, 0.2) is 0 Å². The highest BCUT2D eigenvalue weighted by molar-refractivity contribution is 9.10. The maximum absolute atomic E-state index is 3.46. The van der Waals surface area contributed by atoms with Crippen molar-refractivity contribution in [3.8, 4) is 0 Å². The molecule has 1 unspecified atom stereocenters. The molecule has 1 aromatic carbocycles. The summed E-state index contributed by atoms with van der Waals surface area (Å²) in [7, 11) is 2.07. The molecule has 0 bridgehead atoms. The van der Waals surface area contributed by atoms with Crippen LogP contribution in [0, 0.1) is 5.92 Å². The molecule has 1 rings (SSSR count). The molecule has 96 valence electrons. The number of rotatable bonds is 7. The van der Waals surface area contributed by atoms with Gasteiger partial charge in [0.05, 0.1) is 0 Å². The van der Waals surface area contributed by atoms with Gasteiger partial charge in [0, 0.05) is 21.2 Å². The van der Waals surface area contributed by atoms with E-state index < -0.39 is 0 Å². The molecule has 0 saturated heterocycles. The Morgan fingerprint density at radius 2 is 1.76 bits per heavy atom. The molecule has 0 spiro atoms. The largest absolute Gasteiger partial charge is 0.316 e. The Bertz CT molecular complexity index is 309. The van der Waals surface area contributed by atoms with Crippen molar-refractivity contribution >= 4 is 27.7 Å². The average molecular weight is 316 g/mol. The lowest BCUT2D eigenvalue weighted by molar-refractivity contribution is 0.378. The Kier molecular flexibility index (Phi) is 7.24. The van der Waals surface area contributed by atoms with Gasteiger partial charge in [0.2, 0.25) is 0 Å². The fourth-order valence-electron chi connectivity index (χ4n) is 2.03. The molecule has 1 aromatic rings. The summed E-state index contributed by atoms with van der Waals surface area (Å²) in [5.74, 6) is 1.92. The summed E-state index contributed by atoms with van der Waals surface area (Å²) < 4.78 is 1.15. The van der Waals surface area contributed by atoms with Crippen LogP contribution in [-0.2, 0) is 0 Å². The third-order valence-electron chi connectivity index (χ3n) is 3.23. The maximum Gasteiger partial charge on any atom is 0.0186 e. The number of hydrogen-bond donors (Lipinski definition) is 1. The summed E-state index contributed by atoms with van der Waals surface area (Å²) in [5, 5.41) is 3.46. The smallest absolute Gasteiger partial charge is 0.0186 e. The van der Waals surface area contributed by atoms with Crippen LogP contribution in [0.25, 0.3) is 0 Å². The molecule has 0 amide bonds. The molecular weight excluding hydrogens is 294 g/mol. The van der Waals surface area contributed by atoms with E-state index in [1.807, 2.05) is 11.8 Å². The first-order chi connectivity index (χ1) is 8.21. The highest BCUT2D eigenvalue weighted by Gasteiger charge is 2.16. The van der Waals surface area contributed by atoms with E-state index in [4.69, 9.17) is 0 Å². The number of benzene rings is 1. The van der Waals surface area contributed by atoms with Gasteiger partial charge in [-0.3, -0.25) is 0 Å². The van der Waals surface area contributed by atoms with Crippen molar-refractivity contribution in [1.82, 2.24) is 5.32 Å². The number of thioether (sulfide) groups is 1. The van der Waals surface area contributed by atoms with Gasteiger partial charge < -0.3 is 5.32 Å². The van der Waals surface area contributed by atoms with E-state index in [0.717, 1.165) is 16.1 Å². The Morgan fingerprint density at radius 1 is 1.18 bits per heavy atom. The Hall–Kier alpha value is 0.01000. The van der Waals surface area contributed by atoms with Crippen LogP contribution in [0.5, 0.6) is 0 Å². The second-order valence-corrected chi connectivity index (χ2v) is 6.25. The maximum atomic E-state index is 3.46. The predicted octanol–water partition coefficient (Wildman–Crippen LogP) is 4.57. The topological polar surface area (TPSA) is 12.0 Å². The first kappa shape index (κ1) is 15.1. The summed E-state index contributed by atoms with van der Waals surface area (Å²) in [4.78, 5) is 1.35. The van der Waals surface area contributed by atoms with E-state index in [1.165, 1.54) is 17.7 Å². The number of halogens is 1. The third-order valence-corrected chi connectivity index (χ3v) is 4.89. The molecule has 0 aliphatic rings. The molecule has 0 aliphatic heterocycles. The number of nitrogens with one attached hydrogen (secondary N) is 1. The van der Waals surface area contributed by atoms with Crippen LogP contribution in [0.3, 0.4) is 0 Å². The van der Waals surface area contributed by atoms with Crippen molar-refractivity contribution in [1.29, 1.82) is 0 Å². The van der Waals surface area contributed by atoms with Crippen LogP contribution in [-0.4, -0.2) is 18.8 Å². The minimum absolute atomic E-state index is 0.610. The quantitative estimate of drug-likeness (QED) is 0.740. The molecule has 3 heteroatoms. The van der Waals surface area contributed by atoms with E-state index in [2.05, 4.69) is 66.4 Å². The molecule has 1 atom stereocenters. The molecule has 1 nitrogen and oxygen atoms in total. The van der Waals surface area contributed by atoms with Crippen LogP contribution < -0.4 is 5.32 Å². The zero-order chi connectivity index (χ0) is 12.7. The van der Waals surface area contributed by atoms with Crippen molar-refractivity contribution in [2.24, 2.45) is 5.92 Å². The first-order valence-electron chi connectivity index (χ1n) is 6.26. The lowest BCUT2D eigenvalue weighted by atomic mass is 9.96. The third kappa shape index (κ3) is 5.02. The van der Waals surface area contributed by atoms with Gasteiger partial charge in [-0.05, 0) is 37.2 Å². The summed E-state index contributed by atoms with van der Waals surface area (Å²) in [6.45, 7) is 4.56. The molecule has 17 heavy (non-hydrogen) atoms. The van der Waals surface area contributed by atoms with E-state index in [0.29, 0.717) is 6.04 Å². The normalized spacial score (nSPS) is 13.0. The van der Waals surface area contributed by atoms with Gasteiger partial charge in [-0.15, -0.1) is 11.8 Å². The van der Waals surface area contributed by atoms with Crippen molar-refractivity contribution < 1.29 is 0 Å². The zero-order valence-corrected chi connectivity index (χ0v) is 13.3. The van der Waals surface area contributed by atoms with Gasteiger partial charge in [-0.25, -0.2) is 0 Å². The predicted molar refractivity (Wildman–Crippen MR) is 81.8 cm³/mol. The first-order valence-corrected chi connectivity index (χ1v) is 8.04. The molecule has 1 N–H and O–H groups in total. The SMILES string of the molecule is CCC(CC)C(CSc1ccc(Br)cc1)NC. The summed E-state index contributed by atoms with van der Waals surface area (Å²) in [6, 6.07) is 9.17. The monoisotopic (exact) mass is 315 g/mol. The molecule has 0 aromatic heterocycles. The van der Waals surface area contributed by atoms with Gasteiger partial charge in [0.1, 0.15) is 0 Å². The van der Waals surface area contributed by atoms with Crippen LogP contribution in [0.15, 0.2) is 33.6 Å². The summed E-state index contributed by atoms with van der Waals surface area (Å²) in [6.07, 6.45) is 2.51. The lowest BCUT2D eigenvalue weighted by Crippen LogP contribution is -2.35. The van der Waals surface area contributed by atoms with Crippen molar-refractivity contribution in [3.63, 3.8) is 0 Å². The summed E-state index contributed by atoms with van der Waals surface area (Å²) in [5.41, 5.74) is 0. The van der Waals surface area contributed by atoms with Gasteiger partial charge >= 0.3 is 0 Å². The molecule has 0 radical (unpaired) electrons. The Labute approximate surface area is 118 Å². The highest BCUT2D eigenvalue weighted by Crippen LogP contribution is 2.24. The van der Waals surface area contributed by atoms with Crippen LogP contribution in [0.4, 0.5) is 0 Å². The second kappa shape index (κ2) is 8.17. The fraction of sp³-hybridized carbons (Fsp3) is 0.571. The van der Waals surface area contributed by atoms with Gasteiger partial charge in [0.25, 0.3) is 0 Å². The summed E-state index contributed by atoms with van der Waals surface area (Å²) >= 11 is 5.40. The second-order valence-electron chi connectivity index (χ2n) is 4.24. The van der Waals surface area contributed by atoms with Crippen molar-refractivity contribution in [2.75, 3.05) is 12.8 Å². The van der Waals surface area contributed by atoms with Crippen molar-refractivity contribution in [3.05, 3.63) is 28.7 Å². The van der Waals surface area contributed by atoms with Crippen LogP contribution in [0.1, 0.15) is 26.7 Å². The zero-order valence-electron chi connectivity index (χ0n) is 10.9. The number of hydrogen-bond acceptors (Lipinski definition) is 2. The molecule has 0 fully saturated rings. The minimum Gasteiger partial charge on any atom is -0.316 e. The minimum atomic E-state index is 0.610.